The highest BCUT2D eigenvalue weighted by molar-refractivity contribution is 7.47. The third-order valence-electron chi connectivity index (χ3n) is 8.02. The molecule has 0 heterocycles. The van der Waals surface area contributed by atoms with Gasteiger partial charge in [-0.25, -0.2) is 4.57 Å². The number of aliphatic hydroxyl groups is 2. The molecule has 0 aliphatic heterocycles. The SMILES string of the molecule is CCCCC/C=C/C/C=C/CCCCCCCC(=O)O[C@H](COC(=O)CCCCCCC/C=C/CCCCC)COP(=O)(O)OC[C@@H](O)CO. The van der Waals surface area contributed by atoms with Crippen LogP contribution >= 0.6 is 7.82 Å². The lowest BCUT2D eigenvalue weighted by Crippen LogP contribution is -2.29. The van der Waals surface area contributed by atoms with Crippen molar-refractivity contribution in [2.75, 3.05) is 26.4 Å². The average molecular weight is 731 g/mol. The summed E-state index contributed by atoms with van der Waals surface area (Å²) in [4.78, 5) is 34.8. The lowest BCUT2D eigenvalue weighted by atomic mass is 10.1. The van der Waals surface area contributed by atoms with E-state index in [0.29, 0.717) is 12.8 Å². The second-order valence-corrected chi connectivity index (χ2v) is 14.4. The Morgan fingerprint density at radius 2 is 1.04 bits per heavy atom. The highest BCUT2D eigenvalue weighted by Crippen LogP contribution is 2.43. The number of hydrogen-bond acceptors (Lipinski definition) is 9. The van der Waals surface area contributed by atoms with Crippen LogP contribution in [0.4, 0.5) is 0 Å². The predicted molar refractivity (Wildman–Crippen MR) is 201 cm³/mol. The van der Waals surface area contributed by atoms with Gasteiger partial charge in [-0.2, -0.15) is 0 Å². The number of ether oxygens (including phenoxy) is 2. The van der Waals surface area contributed by atoms with Crippen molar-refractivity contribution in [2.45, 2.75) is 174 Å². The summed E-state index contributed by atoms with van der Waals surface area (Å²) in [6.07, 6.45) is 34.0. The number of unbranched alkanes of at least 4 members (excludes halogenated alkanes) is 16. The highest BCUT2D eigenvalue weighted by atomic mass is 31.2. The summed E-state index contributed by atoms with van der Waals surface area (Å²) in [6.45, 7) is 2.28. The van der Waals surface area contributed by atoms with Crippen LogP contribution in [0.1, 0.15) is 162 Å². The maximum atomic E-state index is 12.5. The minimum atomic E-state index is -4.62. The summed E-state index contributed by atoms with van der Waals surface area (Å²) >= 11 is 0. The van der Waals surface area contributed by atoms with Gasteiger partial charge < -0.3 is 24.6 Å². The molecule has 0 bridgehead atoms. The zero-order valence-electron chi connectivity index (χ0n) is 31.4. The Kier molecular flexibility index (Phi) is 34.3. The fourth-order valence-corrected chi connectivity index (χ4v) is 5.75. The van der Waals surface area contributed by atoms with Gasteiger partial charge in [0.05, 0.1) is 19.8 Å². The highest BCUT2D eigenvalue weighted by Gasteiger charge is 2.27. The number of esters is 2. The molecule has 0 rings (SSSR count). The monoisotopic (exact) mass is 730 g/mol. The first kappa shape index (κ1) is 48.2. The molecule has 0 radical (unpaired) electrons. The van der Waals surface area contributed by atoms with Gasteiger partial charge in [0.15, 0.2) is 6.10 Å². The standard InChI is InChI=1S/C39H71O10P/c1-3-5-7-9-11-13-15-17-18-19-21-23-25-27-29-31-39(43)49-37(35-48-50(44,45)47-33-36(41)32-40)34-46-38(42)30-28-26-24-22-20-16-14-12-10-8-6-4-2/h11-14,17-18,36-37,40-41H,3-10,15-16,19-35H2,1-2H3,(H,44,45)/b13-11+,14-12+,18-17+/t36-,37+/m0/s1. The maximum Gasteiger partial charge on any atom is 0.472 e. The second kappa shape index (κ2) is 35.6. The molecule has 0 amide bonds. The van der Waals surface area contributed by atoms with Gasteiger partial charge in [-0.1, -0.05) is 115 Å². The first-order valence-corrected chi connectivity index (χ1v) is 20.9. The van der Waals surface area contributed by atoms with Gasteiger partial charge in [-0.05, 0) is 70.6 Å². The molecule has 0 aliphatic rings. The van der Waals surface area contributed by atoms with E-state index in [2.05, 4.69) is 54.8 Å². The fourth-order valence-electron chi connectivity index (χ4n) is 4.96. The second-order valence-electron chi connectivity index (χ2n) is 12.9. The lowest BCUT2D eigenvalue weighted by molar-refractivity contribution is -0.161. The molecule has 0 aromatic carbocycles. The maximum absolute atomic E-state index is 12.5. The van der Waals surface area contributed by atoms with E-state index in [1.54, 1.807) is 0 Å². The van der Waals surface area contributed by atoms with Crippen LogP contribution < -0.4 is 0 Å². The van der Waals surface area contributed by atoms with Gasteiger partial charge in [-0.15, -0.1) is 0 Å². The smallest absolute Gasteiger partial charge is 0.462 e. The number of phosphoric ester groups is 1. The van der Waals surface area contributed by atoms with E-state index in [1.165, 1.54) is 38.5 Å². The third-order valence-corrected chi connectivity index (χ3v) is 8.97. The lowest BCUT2D eigenvalue weighted by Gasteiger charge is -2.20. The minimum Gasteiger partial charge on any atom is -0.462 e. The quantitative estimate of drug-likeness (QED) is 0.0246. The van der Waals surface area contributed by atoms with E-state index < -0.39 is 51.8 Å². The molecule has 10 nitrogen and oxygen atoms in total. The van der Waals surface area contributed by atoms with Crippen molar-refractivity contribution in [1.82, 2.24) is 0 Å². The van der Waals surface area contributed by atoms with E-state index in [1.807, 2.05) is 0 Å². The van der Waals surface area contributed by atoms with Crippen molar-refractivity contribution in [3.63, 3.8) is 0 Å². The van der Waals surface area contributed by atoms with Crippen LogP contribution in [0.25, 0.3) is 0 Å². The van der Waals surface area contributed by atoms with Crippen LogP contribution in [-0.4, -0.2) is 65.7 Å². The van der Waals surface area contributed by atoms with Crippen LogP contribution in [0.15, 0.2) is 36.5 Å². The van der Waals surface area contributed by atoms with Crippen molar-refractivity contribution >= 4 is 19.8 Å². The number of allylic oxidation sites excluding steroid dienone is 6. The molecule has 0 saturated carbocycles. The number of hydrogen-bond donors (Lipinski definition) is 3. The molecule has 0 fully saturated rings. The first-order chi connectivity index (χ1) is 24.2. The summed E-state index contributed by atoms with van der Waals surface area (Å²) in [5, 5.41) is 18.3. The topological polar surface area (TPSA) is 149 Å². The molecule has 0 saturated heterocycles. The van der Waals surface area contributed by atoms with Gasteiger partial charge in [0.25, 0.3) is 0 Å². The molecule has 0 spiro atoms. The average Bonchev–Trinajstić information content (AvgIpc) is 3.10. The van der Waals surface area contributed by atoms with Gasteiger partial charge in [-0.3, -0.25) is 18.6 Å². The molecular weight excluding hydrogens is 659 g/mol. The van der Waals surface area contributed by atoms with Crippen LogP contribution in [0.2, 0.25) is 0 Å². The molecule has 0 aromatic heterocycles. The molecule has 11 heteroatoms. The number of rotatable bonds is 36. The van der Waals surface area contributed by atoms with Crippen molar-refractivity contribution in [2.24, 2.45) is 0 Å². The number of aliphatic hydroxyl groups excluding tert-OH is 2. The Bertz CT molecular complexity index is 936. The molecule has 0 aliphatic carbocycles. The number of carbonyl (C=O) groups is 2. The molecule has 3 atom stereocenters. The molecular formula is C39H71O10P. The molecule has 3 N–H and O–H groups in total. The minimum absolute atomic E-state index is 0.166. The Morgan fingerprint density at radius 3 is 1.56 bits per heavy atom. The molecule has 1 unspecified atom stereocenters. The summed E-state index contributed by atoms with van der Waals surface area (Å²) < 4.78 is 32.6. The van der Waals surface area contributed by atoms with E-state index in [9.17, 15) is 24.2 Å². The van der Waals surface area contributed by atoms with Gasteiger partial charge in [0.2, 0.25) is 0 Å². The zero-order valence-corrected chi connectivity index (χ0v) is 32.3. The first-order valence-electron chi connectivity index (χ1n) is 19.4. The Balaban J connectivity index is 4.40. The Labute approximate surface area is 303 Å². The van der Waals surface area contributed by atoms with Gasteiger partial charge in [0, 0.05) is 12.8 Å². The summed E-state index contributed by atoms with van der Waals surface area (Å²) in [5.74, 6) is -0.954. The third kappa shape index (κ3) is 34.6. The van der Waals surface area contributed by atoms with E-state index in [-0.39, 0.29) is 19.4 Å². The number of phosphoric acid groups is 1. The van der Waals surface area contributed by atoms with E-state index in [0.717, 1.165) is 83.5 Å². The van der Waals surface area contributed by atoms with Crippen molar-refractivity contribution in [1.29, 1.82) is 0 Å². The van der Waals surface area contributed by atoms with Crippen LogP contribution in [0.5, 0.6) is 0 Å². The van der Waals surface area contributed by atoms with Gasteiger partial charge in [0.1, 0.15) is 12.7 Å². The van der Waals surface area contributed by atoms with E-state index in [4.69, 9.17) is 19.1 Å². The van der Waals surface area contributed by atoms with E-state index >= 15 is 0 Å². The largest absolute Gasteiger partial charge is 0.472 e. The van der Waals surface area contributed by atoms with Crippen molar-refractivity contribution < 1.29 is 47.8 Å². The van der Waals surface area contributed by atoms with Crippen LogP contribution in [0.3, 0.4) is 0 Å². The molecule has 292 valence electrons. The summed E-state index contributed by atoms with van der Waals surface area (Å²) in [5.41, 5.74) is 0. The zero-order chi connectivity index (χ0) is 37.0. The van der Waals surface area contributed by atoms with Crippen LogP contribution in [-0.2, 0) is 32.7 Å². The van der Waals surface area contributed by atoms with Gasteiger partial charge >= 0.3 is 19.8 Å². The van der Waals surface area contributed by atoms with Crippen molar-refractivity contribution in [3.8, 4) is 0 Å². The van der Waals surface area contributed by atoms with Crippen LogP contribution in [0, 0.1) is 0 Å². The normalized spacial score (nSPS) is 14.4. The number of carbonyl (C=O) groups excluding carboxylic acids is 2. The Hall–Kier alpha value is -1.81. The summed E-state index contributed by atoms with van der Waals surface area (Å²) in [6, 6.07) is 0. The Morgan fingerprint density at radius 1 is 0.600 bits per heavy atom. The fraction of sp³-hybridized carbons (Fsp3) is 0.795. The molecule has 50 heavy (non-hydrogen) atoms. The molecule has 0 aromatic rings. The summed E-state index contributed by atoms with van der Waals surface area (Å²) in [7, 11) is -4.62. The predicted octanol–water partition coefficient (Wildman–Crippen LogP) is 9.61. The van der Waals surface area contributed by atoms with Crippen molar-refractivity contribution in [3.05, 3.63) is 36.5 Å².